The molecule has 1 atom stereocenters. The third-order valence-electron chi connectivity index (χ3n) is 1.75. The zero-order chi connectivity index (χ0) is 9.07. The Morgan fingerprint density at radius 2 is 1.08 bits per heavy atom. The van der Waals surface area contributed by atoms with Gasteiger partial charge in [-0.15, -0.1) is 0 Å². The molecule has 0 aliphatic carbocycles. The lowest BCUT2D eigenvalue weighted by atomic mass is 10.3. The SMILES string of the molecule is CCCCCOOCCCCC.P. The van der Waals surface area contributed by atoms with Gasteiger partial charge >= 0.3 is 0 Å². The number of hydrogen-bond donors (Lipinski definition) is 0. The van der Waals surface area contributed by atoms with Gasteiger partial charge in [-0.25, -0.2) is 9.78 Å². The van der Waals surface area contributed by atoms with Crippen LogP contribution in [0.1, 0.15) is 52.4 Å². The van der Waals surface area contributed by atoms with Crippen LogP contribution in [0.3, 0.4) is 0 Å². The van der Waals surface area contributed by atoms with Crippen LogP contribution in [0, 0.1) is 0 Å². The Morgan fingerprint density at radius 3 is 1.38 bits per heavy atom. The first kappa shape index (κ1) is 15.8. The minimum absolute atomic E-state index is 0. The van der Waals surface area contributed by atoms with Gasteiger partial charge in [-0.1, -0.05) is 39.5 Å². The normalized spacial score (nSPS) is 9.69. The van der Waals surface area contributed by atoms with Crippen LogP contribution in [-0.4, -0.2) is 13.2 Å². The average molecular weight is 208 g/mol. The molecular weight excluding hydrogens is 183 g/mol. The molecular formula is C10H25O2P. The van der Waals surface area contributed by atoms with E-state index in [2.05, 4.69) is 13.8 Å². The molecule has 0 aromatic heterocycles. The van der Waals surface area contributed by atoms with Crippen LogP contribution in [0.4, 0.5) is 0 Å². The largest absolute Gasteiger partial charge is 0.237 e. The molecule has 0 spiro atoms. The summed E-state index contributed by atoms with van der Waals surface area (Å²) in [6.07, 6.45) is 7.17. The van der Waals surface area contributed by atoms with E-state index < -0.39 is 0 Å². The van der Waals surface area contributed by atoms with E-state index in [9.17, 15) is 0 Å². The number of unbranched alkanes of at least 4 members (excludes halogenated alkanes) is 4. The maximum Gasteiger partial charge on any atom is 0.0822 e. The highest BCUT2D eigenvalue weighted by molar-refractivity contribution is 6.92. The molecule has 13 heavy (non-hydrogen) atoms. The van der Waals surface area contributed by atoms with Crippen LogP contribution in [0.2, 0.25) is 0 Å². The molecule has 0 aromatic rings. The molecule has 3 heteroatoms. The van der Waals surface area contributed by atoms with Crippen molar-refractivity contribution in [2.45, 2.75) is 52.4 Å². The van der Waals surface area contributed by atoms with Gasteiger partial charge in [0.1, 0.15) is 0 Å². The third kappa shape index (κ3) is 15.1. The van der Waals surface area contributed by atoms with Crippen molar-refractivity contribution >= 4 is 9.90 Å². The molecule has 1 unspecified atom stereocenters. The highest BCUT2D eigenvalue weighted by atomic mass is 31.0. The van der Waals surface area contributed by atoms with Crippen molar-refractivity contribution in [2.75, 3.05) is 13.2 Å². The summed E-state index contributed by atoms with van der Waals surface area (Å²) in [6.45, 7) is 5.87. The number of rotatable bonds is 9. The van der Waals surface area contributed by atoms with Crippen LogP contribution in [0.5, 0.6) is 0 Å². The minimum Gasteiger partial charge on any atom is -0.237 e. The smallest absolute Gasteiger partial charge is 0.0822 e. The Kier molecular flexibility index (Phi) is 18.1. The lowest BCUT2D eigenvalue weighted by molar-refractivity contribution is -0.295. The monoisotopic (exact) mass is 208 g/mol. The van der Waals surface area contributed by atoms with Gasteiger partial charge < -0.3 is 0 Å². The highest BCUT2D eigenvalue weighted by Crippen LogP contribution is 1.97. The van der Waals surface area contributed by atoms with Gasteiger partial charge in [-0.2, -0.15) is 9.90 Å². The van der Waals surface area contributed by atoms with E-state index in [0.29, 0.717) is 0 Å². The van der Waals surface area contributed by atoms with E-state index in [1.54, 1.807) is 0 Å². The molecule has 0 aromatic carbocycles. The highest BCUT2D eigenvalue weighted by Gasteiger charge is 1.89. The van der Waals surface area contributed by atoms with Gasteiger partial charge in [-0.05, 0) is 12.8 Å². The van der Waals surface area contributed by atoms with Crippen molar-refractivity contribution in [3.8, 4) is 0 Å². The molecule has 0 N–H and O–H groups in total. The Bertz CT molecular complexity index is 69.3. The quantitative estimate of drug-likeness (QED) is 0.250. The predicted octanol–water partition coefficient (Wildman–Crippen LogP) is 3.37. The van der Waals surface area contributed by atoms with Crippen molar-refractivity contribution in [3.05, 3.63) is 0 Å². The molecule has 0 heterocycles. The maximum absolute atomic E-state index is 4.98. The minimum atomic E-state index is 0. The fourth-order valence-electron chi connectivity index (χ4n) is 0.940. The fraction of sp³-hybridized carbons (Fsp3) is 1.00. The van der Waals surface area contributed by atoms with Gasteiger partial charge in [0.25, 0.3) is 0 Å². The van der Waals surface area contributed by atoms with Crippen molar-refractivity contribution < 1.29 is 9.78 Å². The standard InChI is InChI=1S/C10H22O2.H3P/c1-3-5-7-9-11-12-10-8-6-4-2;/h3-10H2,1-2H3;1H3. The van der Waals surface area contributed by atoms with Crippen LogP contribution in [-0.2, 0) is 9.78 Å². The second-order valence-corrected chi connectivity index (χ2v) is 3.06. The summed E-state index contributed by atoms with van der Waals surface area (Å²) >= 11 is 0. The Balaban J connectivity index is 0. The summed E-state index contributed by atoms with van der Waals surface area (Å²) in [5.74, 6) is 0. The van der Waals surface area contributed by atoms with E-state index in [1.165, 1.54) is 25.7 Å². The fourth-order valence-corrected chi connectivity index (χ4v) is 0.940. The summed E-state index contributed by atoms with van der Waals surface area (Å²) in [6, 6.07) is 0. The van der Waals surface area contributed by atoms with Crippen molar-refractivity contribution in [1.82, 2.24) is 0 Å². The average Bonchev–Trinajstić information content (AvgIpc) is 2.10. The molecule has 0 saturated carbocycles. The van der Waals surface area contributed by atoms with Gasteiger partial charge in [0.2, 0.25) is 0 Å². The zero-order valence-electron chi connectivity index (χ0n) is 9.18. The Labute approximate surface area is 85.9 Å². The van der Waals surface area contributed by atoms with Crippen molar-refractivity contribution in [3.63, 3.8) is 0 Å². The topological polar surface area (TPSA) is 18.5 Å². The van der Waals surface area contributed by atoms with Crippen molar-refractivity contribution in [2.24, 2.45) is 0 Å². The van der Waals surface area contributed by atoms with Crippen LogP contribution in [0.25, 0.3) is 0 Å². The molecule has 0 amide bonds. The van der Waals surface area contributed by atoms with Crippen LogP contribution < -0.4 is 0 Å². The lowest BCUT2D eigenvalue weighted by Crippen LogP contribution is -1.98. The summed E-state index contributed by atoms with van der Waals surface area (Å²) in [5, 5.41) is 0. The Hall–Kier alpha value is 0.350. The Morgan fingerprint density at radius 1 is 0.692 bits per heavy atom. The molecule has 0 fully saturated rings. The molecule has 0 aliphatic rings. The molecule has 0 radical (unpaired) electrons. The van der Waals surface area contributed by atoms with Crippen LogP contribution >= 0.6 is 9.90 Å². The third-order valence-corrected chi connectivity index (χ3v) is 1.75. The summed E-state index contributed by atoms with van der Waals surface area (Å²) in [4.78, 5) is 9.96. The molecule has 2 nitrogen and oxygen atoms in total. The first-order valence-electron chi connectivity index (χ1n) is 5.16. The first-order valence-corrected chi connectivity index (χ1v) is 5.16. The lowest BCUT2D eigenvalue weighted by Gasteiger charge is -2.02. The van der Waals surface area contributed by atoms with Crippen LogP contribution in [0.15, 0.2) is 0 Å². The second kappa shape index (κ2) is 14.9. The first-order chi connectivity index (χ1) is 5.91. The summed E-state index contributed by atoms with van der Waals surface area (Å²) in [7, 11) is 0. The summed E-state index contributed by atoms with van der Waals surface area (Å²) in [5.41, 5.74) is 0. The van der Waals surface area contributed by atoms with Gasteiger partial charge in [0.05, 0.1) is 13.2 Å². The predicted molar refractivity (Wildman–Crippen MR) is 62.1 cm³/mol. The molecule has 0 saturated heterocycles. The molecule has 0 rings (SSSR count). The molecule has 82 valence electrons. The van der Waals surface area contributed by atoms with Gasteiger partial charge in [0.15, 0.2) is 0 Å². The van der Waals surface area contributed by atoms with E-state index in [-0.39, 0.29) is 9.90 Å². The van der Waals surface area contributed by atoms with E-state index in [0.717, 1.165) is 26.1 Å². The molecule has 0 aliphatic heterocycles. The van der Waals surface area contributed by atoms with E-state index in [4.69, 9.17) is 9.78 Å². The van der Waals surface area contributed by atoms with Gasteiger partial charge in [-0.3, -0.25) is 0 Å². The zero-order valence-corrected chi connectivity index (χ0v) is 10.6. The van der Waals surface area contributed by atoms with Gasteiger partial charge in [0, 0.05) is 0 Å². The molecule has 0 bridgehead atoms. The number of hydrogen-bond acceptors (Lipinski definition) is 2. The van der Waals surface area contributed by atoms with E-state index >= 15 is 0 Å². The summed E-state index contributed by atoms with van der Waals surface area (Å²) < 4.78 is 0. The second-order valence-electron chi connectivity index (χ2n) is 3.06. The van der Waals surface area contributed by atoms with E-state index in [1.807, 2.05) is 0 Å². The maximum atomic E-state index is 4.98. The van der Waals surface area contributed by atoms with Crippen molar-refractivity contribution in [1.29, 1.82) is 0 Å².